The minimum absolute atomic E-state index is 0.00812. The quantitative estimate of drug-likeness (QED) is 0.826. The van der Waals surface area contributed by atoms with E-state index in [1.165, 1.54) is 6.07 Å². The molecule has 0 bridgehead atoms. The summed E-state index contributed by atoms with van der Waals surface area (Å²) in [4.78, 5) is 12.3. The first-order valence-electron chi connectivity index (χ1n) is 6.15. The highest BCUT2D eigenvalue weighted by molar-refractivity contribution is 7.80. The number of hydrogen-bond donors (Lipinski definition) is 2. The van der Waals surface area contributed by atoms with Gasteiger partial charge in [0.15, 0.2) is 0 Å². The zero-order chi connectivity index (χ0) is 15.8. The second kappa shape index (κ2) is 5.46. The highest BCUT2D eigenvalue weighted by atomic mass is 35.5. The maximum Gasteiger partial charge on any atom is 0.418 e. The number of hydrogen-bond acceptors (Lipinski definition) is 2. The van der Waals surface area contributed by atoms with Crippen molar-refractivity contribution in [1.82, 2.24) is 0 Å². The molecule has 0 aromatic heterocycles. The van der Waals surface area contributed by atoms with Crippen molar-refractivity contribution in [2.75, 3.05) is 5.32 Å². The van der Waals surface area contributed by atoms with Crippen molar-refractivity contribution < 1.29 is 18.0 Å². The van der Waals surface area contributed by atoms with Gasteiger partial charge >= 0.3 is 6.18 Å². The average Bonchev–Trinajstić information content (AvgIpc) is 2.28. The second-order valence-corrected chi connectivity index (χ2v) is 5.82. The molecule has 0 heterocycles. The molecule has 3 N–H and O–H groups in total. The van der Waals surface area contributed by atoms with Crippen LogP contribution in [0.25, 0.3) is 0 Å². The lowest BCUT2D eigenvalue weighted by Gasteiger charge is -2.39. The molecule has 21 heavy (non-hydrogen) atoms. The van der Waals surface area contributed by atoms with Crippen LogP contribution in [0.5, 0.6) is 0 Å². The van der Waals surface area contributed by atoms with Crippen LogP contribution in [-0.2, 0) is 11.0 Å². The highest BCUT2D eigenvalue weighted by Crippen LogP contribution is 2.43. The SMILES string of the molecule is NC(=S)C1(C(=O)Nc2ccc(Cl)cc2C(F)(F)F)CCC1. The molecule has 1 saturated carbocycles. The number of anilines is 1. The van der Waals surface area contributed by atoms with Crippen LogP contribution in [0.15, 0.2) is 18.2 Å². The summed E-state index contributed by atoms with van der Waals surface area (Å²) < 4.78 is 38.9. The summed E-state index contributed by atoms with van der Waals surface area (Å²) in [7, 11) is 0. The van der Waals surface area contributed by atoms with Crippen molar-refractivity contribution in [1.29, 1.82) is 0 Å². The van der Waals surface area contributed by atoms with Gasteiger partial charge in [0.05, 0.1) is 21.7 Å². The Morgan fingerprint density at radius 3 is 2.43 bits per heavy atom. The van der Waals surface area contributed by atoms with Gasteiger partial charge in [0.1, 0.15) is 0 Å². The summed E-state index contributed by atoms with van der Waals surface area (Å²) in [5.41, 5.74) is 3.17. The van der Waals surface area contributed by atoms with Crippen LogP contribution >= 0.6 is 23.8 Å². The molecule has 1 fully saturated rings. The molecule has 8 heteroatoms. The predicted octanol–water partition coefficient (Wildman–Crippen LogP) is 3.75. The van der Waals surface area contributed by atoms with E-state index in [1.807, 2.05) is 0 Å². The van der Waals surface area contributed by atoms with Gasteiger partial charge in [-0.05, 0) is 31.0 Å². The Hall–Kier alpha value is -1.34. The summed E-state index contributed by atoms with van der Waals surface area (Å²) in [5, 5.41) is 2.22. The summed E-state index contributed by atoms with van der Waals surface area (Å²) in [5.74, 6) is -0.603. The largest absolute Gasteiger partial charge is 0.418 e. The number of halogens is 4. The zero-order valence-electron chi connectivity index (χ0n) is 10.8. The fourth-order valence-electron chi connectivity index (χ4n) is 2.22. The third-order valence-electron chi connectivity index (χ3n) is 3.65. The van der Waals surface area contributed by atoms with Crippen LogP contribution in [-0.4, -0.2) is 10.9 Å². The number of carbonyl (C=O) groups excluding carboxylic acids is 1. The van der Waals surface area contributed by atoms with Crippen molar-refractivity contribution >= 4 is 40.4 Å². The van der Waals surface area contributed by atoms with Crippen LogP contribution in [0, 0.1) is 5.41 Å². The number of benzene rings is 1. The van der Waals surface area contributed by atoms with E-state index in [0.717, 1.165) is 18.6 Å². The van der Waals surface area contributed by atoms with Crippen LogP contribution < -0.4 is 11.1 Å². The first kappa shape index (κ1) is 16.0. The third-order valence-corrected chi connectivity index (χ3v) is 4.27. The smallest absolute Gasteiger partial charge is 0.392 e. The number of carbonyl (C=O) groups is 1. The van der Waals surface area contributed by atoms with Gasteiger partial charge in [-0.25, -0.2) is 0 Å². The Balaban J connectivity index is 2.32. The van der Waals surface area contributed by atoms with Crippen LogP contribution in [0.3, 0.4) is 0 Å². The number of nitrogens with two attached hydrogens (primary N) is 1. The fourth-order valence-corrected chi connectivity index (χ4v) is 2.69. The molecule has 1 amide bonds. The summed E-state index contributed by atoms with van der Waals surface area (Å²) in [6.07, 6.45) is -2.97. The standard InChI is InChI=1S/C13H12ClF3N2OS/c14-7-2-3-9(8(6-7)13(15,16)17)19-11(20)12(10(18)21)4-1-5-12/h2-3,6H,1,4-5H2,(H2,18,21)(H,19,20). The number of alkyl halides is 3. The van der Waals surface area contributed by atoms with Gasteiger partial charge in [-0.15, -0.1) is 0 Å². The second-order valence-electron chi connectivity index (χ2n) is 4.94. The lowest BCUT2D eigenvalue weighted by molar-refractivity contribution is -0.137. The van der Waals surface area contributed by atoms with Gasteiger partial charge in [0.2, 0.25) is 5.91 Å². The van der Waals surface area contributed by atoms with E-state index in [1.54, 1.807) is 0 Å². The molecule has 0 atom stereocenters. The normalized spacial score (nSPS) is 17.0. The van der Waals surface area contributed by atoms with Gasteiger partial charge in [-0.1, -0.05) is 30.2 Å². The molecule has 0 aliphatic heterocycles. The third kappa shape index (κ3) is 2.98. The van der Waals surface area contributed by atoms with Crippen molar-refractivity contribution in [2.24, 2.45) is 11.1 Å². The molecular formula is C13H12ClF3N2OS. The van der Waals surface area contributed by atoms with E-state index in [9.17, 15) is 18.0 Å². The molecule has 0 spiro atoms. The zero-order valence-corrected chi connectivity index (χ0v) is 12.3. The van der Waals surface area contributed by atoms with Gasteiger partial charge in [-0.3, -0.25) is 4.79 Å². The number of rotatable bonds is 3. The van der Waals surface area contributed by atoms with Crippen molar-refractivity contribution in [2.45, 2.75) is 25.4 Å². The van der Waals surface area contributed by atoms with E-state index >= 15 is 0 Å². The number of amides is 1. The van der Waals surface area contributed by atoms with E-state index < -0.39 is 23.1 Å². The monoisotopic (exact) mass is 336 g/mol. The van der Waals surface area contributed by atoms with E-state index in [2.05, 4.69) is 5.32 Å². The Labute approximate surface area is 129 Å². The molecule has 114 valence electrons. The van der Waals surface area contributed by atoms with Gasteiger partial charge in [0, 0.05) is 5.02 Å². The highest BCUT2D eigenvalue weighted by Gasteiger charge is 2.47. The molecule has 1 aromatic rings. The lowest BCUT2D eigenvalue weighted by Crippen LogP contribution is -2.50. The Morgan fingerprint density at radius 2 is 2.00 bits per heavy atom. The van der Waals surface area contributed by atoms with Crippen LogP contribution in [0.4, 0.5) is 18.9 Å². The maximum atomic E-state index is 13.0. The Kier molecular flexibility index (Phi) is 4.17. The first-order valence-corrected chi connectivity index (χ1v) is 6.93. The Bertz CT molecular complexity index is 600. The summed E-state index contributed by atoms with van der Waals surface area (Å²) >= 11 is 10.5. The molecule has 0 unspecified atom stereocenters. The van der Waals surface area contributed by atoms with Gasteiger partial charge < -0.3 is 11.1 Å². The number of nitrogens with one attached hydrogen (secondary N) is 1. The summed E-state index contributed by atoms with van der Waals surface area (Å²) in [6, 6.07) is 3.17. The van der Waals surface area contributed by atoms with Crippen LogP contribution in [0.1, 0.15) is 24.8 Å². The molecule has 3 nitrogen and oxygen atoms in total. The molecule has 1 aliphatic carbocycles. The summed E-state index contributed by atoms with van der Waals surface area (Å²) in [6.45, 7) is 0. The van der Waals surface area contributed by atoms with Crippen molar-refractivity contribution in [3.05, 3.63) is 28.8 Å². The number of thiocarbonyl (C=S) groups is 1. The average molecular weight is 337 g/mol. The molecule has 1 aromatic carbocycles. The van der Waals surface area contributed by atoms with Crippen molar-refractivity contribution in [3.8, 4) is 0 Å². The van der Waals surface area contributed by atoms with Gasteiger partial charge in [0.25, 0.3) is 0 Å². The van der Waals surface area contributed by atoms with E-state index in [-0.39, 0.29) is 15.7 Å². The molecule has 0 saturated heterocycles. The lowest BCUT2D eigenvalue weighted by atomic mass is 9.68. The predicted molar refractivity (Wildman–Crippen MR) is 78.2 cm³/mol. The van der Waals surface area contributed by atoms with Crippen molar-refractivity contribution in [3.63, 3.8) is 0 Å². The maximum absolute atomic E-state index is 13.0. The Morgan fingerprint density at radius 1 is 1.38 bits per heavy atom. The molecule has 0 radical (unpaired) electrons. The molecule has 1 aliphatic rings. The molecular weight excluding hydrogens is 325 g/mol. The van der Waals surface area contributed by atoms with E-state index in [0.29, 0.717) is 12.8 Å². The fraction of sp³-hybridized carbons (Fsp3) is 0.385. The minimum atomic E-state index is -4.62. The van der Waals surface area contributed by atoms with Gasteiger partial charge in [-0.2, -0.15) is 13.2 Å². The minimum Gasteiger partial charge on any atom is -0.392 e. The molecule has 2 rings (SSSR count). The van der Waals surface area contributed by atoms with E-state index in [4.69, 9.17) is 29.6 Å². The topological polar surface area (TPSA) is 55.1 Å². The first-order chi connectivity index (χ1) is 9.67. The van der Waals surface area contributed by atoms with Crippen LogP contribution in [0.2, 0.25) is 5.02 Å².